The van der Waals surface area contributed by atoms with Crippen molar-refractivity contribution in [2.75, 3.05) is 47.5 Å². The van der Waals surface area contributed by atoms with Crippen molar-refractivity contribution in [3.8, 4) is 0 Å². The molecular formula is C46H79NO8P+. The Kier molecular flexibility index (Phi) is 35.9. The lowest BCUT2D eigenvalue weighted by Crippen LogP contribution is -2.37. The van der Waals surface area contributed by atoms with Crippen LogP contribution in [0.25, 0.3) is 0 Å². The van der Waals surface area contributed by atoms with Crippen molar-refractivity contribution in [2.24, 2.45) is 0 Å². The summed E-state index contributed by atoms with van der Waals surface area (Å²) >= 11 is 0. The topological polar surface area (TPSA) is 108 Å². The molecule has 0 saturated heterocycles. The first-order valence-electron chi connectivity index (χ1n) is 21.3. The highest BCUT2D eigenvalue weighted by Gasteiger charge is 2.27. The lowest BCUT2D eigenvalue weighted by molar-refractivity contribution is -0.870. The molecule has 0 aliphatic carbocycles. The van der Waals surface area contributed by atoms with E-state index < -0.39 is 32.5 Å². The van der Waals surface area contributed by atoms with Crippen LogP contribution >= 0.6 is 7.82 Å². The fourth-order valence-electron chi connectivity index (χ4n) is 5.01. The Balaban J connectivity index is 4.57. The van der Waals surface area contributed by atoms with Crippen LogP contribution in [0, 0.1) is 0 Å². The van der Waals surface area contributed by atoms with Gasteiger partial charge in [0.05, 0.1) is 27.7 Å². The van der Waals surface area contributed by atoms with Crippen LogP contribution in [0.1, 0.15) is 142 Å². The zero-order valence-corrected chi connectivity index (χ0v) is 36.7. The van der Waals surface area contributed by atoms with Gasteiger partial charge in [-0.25, -0.2) is 4.57 Å². The number of ether oxygens (including phenoxy) is 2. The highest BCUT2D eigenvalue weighted by atomic mass is 31.2. The van der Waals surface area contributed by atoms with Gasteiger partial charge in [0, 0.05) is 12.8 Å². The third-order valence-electron chi connectivity index (χ3n) is 8.40. The standard InChI is InChI=1S/C46H78NO8P/c1-6-8-10-12-14-16-18-20-22-23-25-26-28-30-32-34-36-38-45(48)52-42-44(43-54-56(50,51)53-41-40-47(3,4)5)55-46(49)39-37-35-33-31-29-27-24-21-19-17-15-13-11-9-7-2/h14-17,20-22,24-26,29-32,44H,6-13,18-19,23,27-28,33-43H2,1-5H3/p+1/b16-14+,17-15+,22-20+,24-21+,26-25+,31-29+,32-30+/t44-/m1/s1. The number of allylic oxidation sites excluding steroid dienone is 14. The number of esters is 2. The molecule has 0 aromatic carbocycles. The van der Waals surface area contributed by atoms with E-state index in [-0.39, 0.29) is 26.1 Å². The largest absolute Gasteiger partial charge is 0.472 e. The zero-order chi connectivity index (χ0) is 41.4. The number of phosphoric acid groups is 1. The molecule has 0 amide bonds. The van der Waals surface area contributed by atoms with Crippen molar-refractivity contribution in [3.63, 3.8) is 0 Å². The maximum Gasteiger partial charge on any atom is 0.472 e. The summed E-state index contributed by atoms with van der Waals surface area (Å²) in [6, 6.07) is 0. The molecule has 0 aromatic heterocycles. The molecule has 0 radical (unpaired) electrons. The number of nitrogens with zero attached hydrogens (tertiary/aromatic N) is 1. The fourth-order valence-corrected chi connectivity index (χ4v) is 5.75. The van der Waals surface area contributed by atoms with Crippen LogP contribution in [-0.4, -0.2) is 74.9 Å². The summed E-state index contributed by atoms with van der Waals surface area (Å²) in [5.41, 5.74) is 0. The number of hydrogen-bond acceptors (Lipinski definition) is 7. The van der Waals surface area contributed by atoms with Crippen molar-refractivity contribution in [2.45, 2.75) is 148 Å². The molecule has 0 heterocycles. The van der Waals surface area contributed by atoms with Gasteiger partial charge in [0.15, 0.2) is 6.10 Å². The zero-order valence-electron chi connectivity index (χ0n) is 35.8. The molecule has 10 heteroatoms. The van der Waals surface area contributed by atoms with Crippen molar-refractivity contribution >= 4 is 19.8 Å². The van der Waals surface area contributed by atoms with Crippen LogP contribution in [0.5, 0.6) is 0 Å². The average Bonchev–Trinajstić information content (AvgIpc) is 3.15. The van der Waals surface area contributed by atoms with Gasteiger partial charge >= 0.3 is 19.8 Å². The molecule has 0 saturated carbocycles. The predicted octanol–water partition coefficient (Wildman–Crippen LogP) is 12.0. The van der Waals surface area contributed by atoms with Gasteiger partial charge in [0.2, 0.25) is 0 Å². The second-order valence-corrected chi connectivity index (χ2v) is 16.5. The number of likely N-dealkylation sites (N-methyl/N-ethyl adjacent to an activating group) is 1. The first-order valence-corrected chi connectivity index (χ1v) is 22.8. The van der Waals surface area contributed by atoms with Crippen LogP contribution in [0.3, 0.4) is 0 Å². The number of quaternary nitrogens is 1. The Morgan fingerprint density at radius 2 is 0.964 bits per heavy atom. The molecule has 0 spiro atoms. The molecule has 0 fully saturated rings. The van der Waals surface area contributed by atoms with Gasteiger partial charge in [-0.1, -0.05) is 125 Å². The number of phosphoric ester groups is 1. The minimum atomic E-state index is -4.40. The monoisotopic (exact) mass is 805 g/mol. The Morgan fingerprint density at radius 3 is 1.41 bits per heavy atom. The molecule has 9 nitrogen and oxygen atoms in total. The number of rotatable bonds is 37. The van der Waals surface area contributed by atoms with E-state index in [0.29, 0.717) is 23.9 Å². The van der Waals surface area contributed by atoms with Crippen LogP contribution in [0.2, 0.25) is 0 Å². The lowest BCUT2D eigenvalue weighted by Gasteiger charge is -2.24. The number of carbonyl (C=O) groups is 2. The summed E-state index contributed by atoms with van der Waals surface area (Å²) in [6.45, 7) is 4.22. The van der Waals surface area contributed by atoms with E-state index in [1.165, 1.54) is 44.9 Å². The van der Waals surface area contributed by atoms with Gasteiger partial charge in [-0.05, 0) is 89.9 Å². The first-order chi connectivity index (χ1) is 27.0. The maximum absolute atomic E-state index is 12.7. The molecule has 0 rings (SSSR count). The molecular weight excluding hydrogens is 725 g/mol. The number of hydrogen-bond donors (Lipinski definition) is 1. The summed E-state index contributed by atoms with van der Waals surface area (Å²) in [5.74, 6) is -0.919. The second kappa shape index (κ2) is 37.7. The van der Waals surface area contributed by atoms with Crippen molar-refractivity contribution in [3.05, 3.63) is 85.1 Å². The number of unbranched alkanes of at least 4 members (excludes halogenated alkanes) is 9. The third kappa shape index (κ3) is 40.8. The fraction of sp³-hybridized carbons (Fsp3) is 0.652. The van der Waals surface area contributed by atoms with Gasteiger partial charge in [0.25, 0.3) is 0 Å². The molecule has 0 aliphatic heterocycles. The molecule has 2 atom stereocenters. The Labute approximate surface area is 341 Å². The van der Waals surface area contributed by atoms with E-state index in [0.717, 1.165) is 57.8 Å². The van der Waals surface area contributed by atoms with Crippen LogP contribution in [0.4, 0.5) is 0 Å². The van der Waals surface area contributed by atoms with Crippen molar-refractivity contribution in [1.82, 2.24) is 0 Å². The van der Waals surface area contributed by atoms with Gasteiger partial charge in [0.1, 0.15) is 19.8 Å². The minimum Gasteiger partial charge on any atom is -0.462 e. The summed E-state index contributed by atoms with van der Waals surface area (Å²) in [7, 11) is 1.41. The highest BCUT2D eigenvalue weighted by molar-refractivity contribution is 7.47. The van der Waals surface area contributed by atoms with Gasteiger partial charge in [-0.15, -0.1) is 0 Å². The third-order valence-corrected chi connectivity index (χ3v) is 9.38. The summed E-state index contributed by atoms with van der Waals surface area (Å²) in [5, 5.41) is 0. The molecule has 0 bridgehead atoms. The molecule has 0 aliphatic rings. The van der Waals surface area contributed by atoms with Crippen molar-refractivity contribution < 1.29 is 42.1 Å². The summed E-state index contributed by atoms with van der Waals surface area (Å²) in [4.78, 5) is 35.3. The van der Waals surface area contributed by atoms with Crippen LogP contribution in [-0.2, 0) is 32.7 Å². The SMILES string of the molecule is CCCCC/C=C/C/C=C/C/C=C/C/C=C/CCCC(=O)OC[C@H](COP(=O)(O)OCC[N+](C)(C)C)OC(=O)CCCC/C=C/C/C=C/C/C=C/CCCCC. The molecule has 56 heavy (non-hydrogen) atoms. The molecule has 0 aromatic rings. The van der Waals surface area contributed by atoms with E-state index in [4.69, 9.17) is 18.5 Å². The maximum atomic E-state index is 12.7. The predicted molar refractivity (Wildman–Crippen MR) is 233 cm³/mol. The Bertz CT molecular complexity index is 1230. The van der Waals surface area contributed by atoms with Crippen LogP contribution < -0.4 is 0 Å². The van der Waals surface area contributed by atoms with Gasteiger partial charge in [-0.2, -0.15) is 0 Å². The van der Waals surface area contributed by atoms with Crippen molar-refractivity contribution in [1.29, 1.82) is 0 Å². The molecule has 320 valence electrons. The van der Waals surface area contributed by atoms with Gasteiger partial charge < -0.3 is 18.9 Å². The summed E-state index contributed by atoms with van der Waals surface area (Å²) < 4.78 is 34.1. The lowest BCUT2D eigenvalue weighted by atomic mass is 10.1. The smallest absolute Gasteiger partial charge is 0.462 e. The van der Waals surface area contributed by atoms with E-state index in [9.17, 15) is 19.0 Å². The highest BCUT2D eigenvalue weighted by Crippen LogP contribution is 2.43. The normalized spacial score (nSPS) is 14.5. The quantitative estimate of drug-likeness (QED) is 0.0217. The van der Waals surface area contributed by atoms with E-state index >= 15 is 0 Å². The second-order valence-electron chi connectivity index (χ2n) is 15.0. The molecule has 1 unspecified atom stereocenters. The van der Waals surface area contributed by atoms with E-state index in [1.54, 1.807) is 0 Å². The number of carbonyl (C=O) groups excluding carboxylic acids is 2. The van der Waals surface area contributed by atoms with E-state index in [1.807, 2.05) is 21.1 Å². The minimum absolute atomic E-state index is 0.0113. The molecule has 1 N–H and O–H groups in total. The first kappa shape index (κ1) is 53.2. The summed E-state index contributed by atoms with van der Waals surface area (Å²) in [6.07, 6.45) is 47.8. The van der Waals surface area contributed by atoms with Gasteiger partial charge in [-0.3, -0.25) is 18.6 Å². The van der Waals surface area contributed by atoms with E-state index in [2.05, 4.69) is 98.9 Å². The average molecular weight is 805 g/mol. The Morgan fingerprint density at radius 1 is 0.554 bits per heavy atom. The Hall–Kier alpha value is -2.81. The van der Waals surface area contributed by atoms with Crippen LogP contribution in [0.15, 0.2) is 85.1 Å².